The molecule has 0 fully saturated rings. The normalized spacial score (nSPS) is 12.4. The number of fused-ring (bicyclic) bond motifs is 1. The molecule has 4 heteroatoms. The predicted molar refractivity (Wildman–Crippen MR) is 111 cm³/mol. The fourth-order valence-electron chi connectivity index (χ4n) is 3.67. The number of aliphatic imine (C=N–C) groups is 1. The average Bonchev–Trinajstić information content (AvgIpc) is 3.37. The molecule has 4 nitrogen and oxygen atoms in total. The van der Waals surface area contributed by atoms with Gasteiger partial charge in [0.05, 0.1) is 6.54 Å². The predicted octanol–water partition coefficient (Wildman–Crippen LogP) is 5.62. The number of benzene rings is 3. The van der Waals surface area contributed by atoms with Crippen LogP contribution in [0.4, 0.5) is 0 Å². The molecule has 1 aliphatic heterocycles. The molecule has 0 spiro atoms. The first-order valence-corrected chi connectivity index (χ1v) is 9.33. The Balaban J connectivity index is 1.49. The molecule has 0 bridgehead atoms. The fourth-order valence-corrected chi connectivity index (χ4v) is 3.67. The zero-order valence-electron chi connectivity index (χ0n) is 15.8. The van der Waals surface area contributed by atoms with Gasteiger partial charge in [-0.3, -0.25) is 4.99 Å². The van der Waals surface area contributed by atoms with E-state index < -0.39 is 0 Å². The van der Waals surface area contributed by atoms with Crippen LogP contribution in [0, 0.1) is 13.8 Å². The molecule has 0 amide bonds. The van der Waals surface area contributed by atoms with Gasteiger partial charge in [0.15, 0.2) is 0 Å². The van der Waals surface area contributed by atoms with Crippen molar-refractivity contribution >= 4 is 6.21 Å². The summed E-state index contributed by atoms with van der Waals surface area (Å²) in [5.74, 6) is 1.13. The van der Waals surface area contributed by atoms with Crippen molar-refractivity contribution in [3.05, 3.63) is 82.9 Å². The zero-order valence-corrected chi connectivity index (χ0v) is 15.8. The van der Waals surface area contributed by atoms with E-state index in [1.165, 1.54) is 27.8 Å². The molecule has 136 valence electrons. The highest BCUT2D eigenvalue weighted by molar-refractivity contribution is 5.86. The summed E-state index contributed by atoms with van der Waals surface area (Å²) in [6.07, 6.45) is 1.90. The van der Waals surface area contributed by atoms with Crippen molar-refractivity contribution in [2.75, 3.05) is 0 Å². The topological polar surface area (TPSA) is 51.3 Å². The minimum atomic E-state index is 0.531. The third-order valence-corrected chi connectivity index (χ3v) is 5.23. The Bertz CT molecular complexity index is 1220. The second-order valence-corrected chi connectivity index (χ2v) is 7.15. The van der Waals surface area contributed by atoms with Crippen LogP contribution in [0.25, 0.3) is 34.0 Å². The van der Waals surface area contributed by atoms with Crippen LogP contribution in [-0.2, 0) is 6.54 Å². The molecule has 0 aliphatic carbocycles. The summed E-state index contributed by atoms with van der Waals surface area (Å²) in [4.78, 5) is 8.91. The highest BCUT2D eigenvalue weighted by Crippen LogP contribution is 2.31. The summed E-state index contributed by atoms with van der Waals surface area (Å²) in [5.41, 5.74) is 9.14. The first kappa shape index (κ1) is 16.6. The number of aryl methyl sites for hydroxylation is 2. The highest BCUT2D eigenvalue weighted by Gasteiger charge is 2.15. The van der Waals surface area contributed by atoms with E-state index in [-0.39, 0.29) is 0 Å². The largest absolute Gasteiger partial charge is 0.334 e. The molecule has 0 radical (unpaired) electrons. The summed E-state index contributed by atoms with van der Waals surface area (Å²) >= 11 is 0. The highest BCUT2D eigenvalue weighted by atomic mass is 16.5. The Morgan fingerprint density at radius 1 is 0.821 bits per heavy atom. The molecule has 0 saturated heterocycles. The van der Waals surface area contributed by atoms with Crippen molar-refractivity contribution in [2.45, 2.75) is 20.4 Å². The van der Waals surface area contributed by atoms with Gasteiger partial charge >= 0.3 is 0 Å². The first-order chi connectivity index (χ1) is 13.7. The summed E-state index contributed by atoms with van der Waals surface area (Å²) in [6, 6.07) is 20.9. The van der Waals surface area contributed by atoms with Gasteiger partial charge in [-0.15, -0.1) is 0 Å². The minimum Gasteiger partial charge on any atom is -0.334 e. The molecule has 4 aromatic rings. The Hall–Kier alpha value is -3.53. The fraction of sp³-hybridized carbons (Fsp3) is 0.125. The maximum Gasteiger partial charge on any atom is 0.258 e. The van der Waals surface area contributed by atoms with Crippen LogP contribution in [0.1, 0.15) is 22.3 Å². The van der Waals surface area contributed by atoms with Crippen LogP contribution >= 0.6 is 0 Å². The van der Waals surface area contributed by atoms with E-state index >= 15 is 0 Å². The molecule has 3 aromatic carbocycles. The van der Waals surface area contributed by atoms with Gasteiger partial charge in [-0.25, -0.2) is 0 Å². The zero-order chi connectivity index (χ0) is 19.1. The van der Waals surface area contributed by atoms with Crippen LogP contribution < -0.4 is 0 Å². The summed E-state index contributed by atoms with van der Waals surface area (Å²) < 4.78 is 5.55. The summed E-state index contributed by atoms with van der Waals surface area (Å²) in [5, 5.41) is 4.18. The molecule has 0 unspecified atom stereocenters. The van der Waals surface area contributed by atoms with Gasteiger partial charge in [-0.2, -0.15) is 4.98 Å². The molecule has 1 aliphatic rings. The van der Waals surface area contributed by atoms with Gasteiger partial charge in [0, 0.05) is 17.3 Å². The van der Waals surface area contributed by atoms with E-state index in [4.69, 9.17) is 4.52 Å². The Morgan fingerprint density at radius 3 is 2.50 bits per heavy atom. The lowest BCUT2D eigenvalue weighted by Crippen LogP contribution is -1.89. The maximum absolute atomic E-state index is 5.55. The van der Waals surface area contributed by atoms with Crippen molar-refractivity contribution in [1.29, 1.82) is 0 Å². The van der Waals surface area contributed by atoms with Crippen molar-refractivity contribution < 1.29 is 4.52 Å². The standard InChI is InChI=1S/C24H19N3O/c1-15-5-3-4-6-21(15)22-10-9-18(11-16(22)2)24-26-23(27-28-24)17-7-8-19-13-25-14-20(19)12-17/h3-12,14H,13H2,1-2H3. The van der Waals surface area contributed by atoms with Crippen LogP contribution in [0.5, 0.6) is 0 Å². The van der Waals surface area contributed by atoms with E-state index in [9.17, 15) is 0 Å². The average molecular weight is 365 g/mol. The van der Waals surface area contributed by atoms with Crippen LogP contribution in [0.15, 0.2) is 70.2 Å². The Kier molecular flexibility index (Phi) is 3.90. The number of aromatic nitrogens is 2. The number of rotatable bonds is 3. The molecule has 5 rings (SSSR count). The molecular formula is C24H19N3O. The van der Waals surface area contributed by atoms with Crippen molar-refractivity contribution in [1.82, 2.24) is 10.1 Å². The van der Waals surface area contributed by atoms with Gasteiger partial charge in [0.1, 0.15) is 0 Å². The second-order valence-electron chi connectivity index (χ2n) is 7.15. The van der Waals surface area contributed by atoms with E-state index in [2.05, 4.69) is 77.5 Å². The van der Waals surface area contributed by atoms with Gasteiger partial charge in [-0.1, -0.05) is 47.6 Å². The monoisotopic (exact) mass is 365 g/mol. The summed E-state index contributed by atoms with van der Waals surface area (Å²) in [6.45, 7) is 5.00. The van der Waals surface area contributed by atoms with Gasteiger partial charge in [0.2, 0.25) is 5.82 Å². The van der Waals surface area contributed by atoms with E-state index in [0.717, 1.165) is 23.2 Å². The SMILES string of the molecule is Cc1ccccc1-c1ccc(-c2nc(-c3ccc4c(c3)C=NC4)no2)cc1C. The lowest BCUT2D eigenvalue weighted by Gasteiger charge is -2.10. The van der Waals surface area contributed by atoms with E-state index in [0.29, 0.717) is 11.7 Å². The van der Waals surface area contributed by atoms with Crippen molar-refractivity contribution in [3.8, 4) is 34.0 Å². The first-order valence-electron chi connectivity index (χ1n) is 9.33. The number of hydrogen-bond acceptors (Lipinski definition) is 4. The molecule has 0 N–H and O–H groups in total. The van der Waals surface area contributed by atoms with Crippen LogP contribution in [0.3, 0.4) is 0 Å². The van der Waals surface area contributed by atoms with E-state index in [1.807, 2.05) is 18.3 Å². The third kappa shape index (κ3) is 2.83. The van der Waals surface area contributed by atoms with Gasteiger partial charge < -0.3 is 4.52 Å². The second kappa shape index (κ2) is 6.57. The Labute approximate surface area is 163 Å². The van der Waals surface area contributed by atoms with Gasteiger partial charge in [0.25, 0.3) is 5.89 Å². The van der Waals surface area contributed by atoms with Crippen LogP contribution in [0.2, 0.25) is 0 Å². The molecule has 28 heavy (non-hydrogen) atoms. The maximum atomic E-state index is 5.55. The van der Waals surface area contributed by atoms with Crippen molar-refractivity contribution in [2.24, 2.45) is 4.99 Å². The quantitative estimate of drug-likeness (QED) is 0.473. The summed E-state index contributed by atoms with van der Waals surface area (Å²) in [7, 11) is 0. The smallest absolute Gasteiger partial charge is 0.258 e. The van der Waals surface area contributed by atoms with E-state index in [1.54, 1.807) is 0 Å². The van der Waals surface area contributed by atoms with Gasteiger partial charge in [-0.05, 0) is 65.4 Å². The molecule has 1 aromatic heterocycles. The van der Waals surface area contributed by atoms with Crippen LogP contribution in [-0.4, -0.2) is 16.4 Å². The molecule has 0 atom stereocenters. The molecular weight excluding hydrogens is 346 g/mol. The third-order valence-electron chi connectivity index (χ3n) is 5.23. The number of hydrogen-bond donors (Lipinski definition) is 0. The lowest BCUT2D eigenvalue weighted by molar-refractivity contribution is 0.432. The molecule has 2 heterocycles. The molecule has 0 saturated carbocycles. The Morgan fingerprint density at radius 2 is 1.64 bits per heavy atom. The lowest BCUT2D eigenvalue weighted by atomic mass is 9.95. The minimum absolute atomic E-state index is 0.531. The number of nitrogens with zero attached hydrogens (tertiary/aromatic N) is 3. The van der Waals surface area contributed by atoms with Crippen molar-refractivity contribution in [3.63, 3.8) is 0 Å².